The molecule has 0 spiro atoms. The van der Waals surface area contributed by atoms with Crippen molar-refractivity contribution >= 4 is 11.4 Å². The van der Waals surface area contributed by atoms with Gasteiger partial charge in [0.2, 0.25) is 0 Å². The van der Waals surface area contributed by atoms with Crippen LogP contribution in [0.25, 0.3) is 0 Å². The predicted molar refractivity (Wildman–Crippen MR) is 55.5 cm³/mol. The minimum atomic E-state index is -5.15. The van der Waals surface area contributed by atoms with E-state index in [1.165, 1.54) is 0 Å². The quantitative estimate of drug-likeness (QED) is 0.586. The third-order valence-corrected chi connectivity index (χ3v) is 2.62. The van der Waals surface area contributed by atoms with Crippen LogP contribution >= 0.6 is 11.4 Å². The van der Waals surface area contributed by atoms with E-state index in [1.807, 2.05) is 0 Å². The Balaban J connectivity index is 3.85. The first-order chi connectivity index (χ1) is 7.02. The molecule has 0 aromatic rings. The van der Waals surface area contributed by atoms with Gasteiger partial charge in [-0.3, -0.25) is 0 Å². The maximum Gasteiger partial charge on any atom is 0.278 e. The van der Waals surface area contributed by atoms with Crippen LogP contribution in [-0.4, -0.2) is 43.8 Å². The lowest BCUT2D eigenvalue weighted by Gasteiger charge is -2.26. The molecule has 0 fully saturated rings. The van der Waals surface area contributed by atoms with Gasteiger partial charge in [-0.1, -0.05) is 0 Å². The fraction of sp³-hybridized carbons (Fsp3) is 1.00. The molecule has 0 aliphatic heterocycles. The molecule has 0 bridgehead atoms. The molecule has 0 aliphatic carbocycles. The normalized spacial score (nSPS) is 13.5. The van der Waals surface area contributed by atoms with Gasteiger partial charge in [-0.25, -0.2) is 0 Å². The molecule has 15 heavy (non-hydrogen) atoms. The first-order valence-electron chi connectivity index (χ1n) is 4.85. The number of halogens is 3. The van der Waals surface area contributed by atoms with Gasteiger partial charge in [0.05, 0.1) is 13.2 Å². The molecule has 0 saturated carbocycles. The monoisotopic (exact) mass is 249 g/mol. The summed E-state index contributed by atoms with van der Waals surface area (Å²) in [5.74, 6) is 0. The highest BCUT2D eigenvalue weighted by Gasteiger charge is 2.30. The number of ether oxygens (including phenoxy) is 2. The van der Waals surface area contributed by atoms with Crippen LogP contribution in [0, 0.1) is 0 Å². The van der Waals surface area contributed by atoms with Crippen LogP contribution in [0.2, 0.25) is 0 Å². The van der Waals surface area contributed by atoms with Gasteiger partial charge in [-0.05, 0) is 13.8 Å². The van der Waals surface area contributed by atoms with Crippen LogP contribution in [0.15, 0.2) is 0 Å². The second kappa shape index (κ2) is 8.20. The summed E-state index contributed by atoms with van der Waals surface area (Å²) in [5.41, 5.74) is 0. The first-order valence-corrected chi connectivity index (χ1v) is 6.14. The molecular weight excluding hydrogens is 231 g/mol. The van der Waals surface area contributed by atoms with Crippen LogP contribution in [-0.2, 0) is 9.47 Å². The van der Waals surface area contributed by atoms with Crippen molar-refractivity contribution in [3.8, 4) is 0 Å². The van der Waals surface area contributed by atoms with E-state index in [9.17, 15) is 11.7 Å². The lowest BCUT2D eigenvalue weighted by Crippen LogP contribution is -2.29. The van der Waals surface area contributed by atoms with Gasteiger partial charge >= 0.3 is 0 Å². The number of rotatable bonds is 9. The Morgan fingerprint density at radius 3 is 1.60 bits per heavy atom. The van der Waals surface area contributed by atoms with Crippen molar-refractivity contribution in [3.63, 3.8) is 0 Å². The summed E-state index contributed by atoms with van der Waals surface area (Å²) in [4.78, 5) is 0. The fourth-order valence-corrected chi connectivity index (χ4v) is 1.50. The third-order valence-electron chi connectivity index (χ3n) is 1.67. The van der Waals surface area contributed by atoms with Gasteiger partial charge in [0.1, 0.15) is 0 Å². The van der Waals surface area contributed by atoms with Gasteiger partial charge in [-0.2, -0.15) is 4.31 Å². The van der Waals surface area contributed by atoms with Crippen LogP contribution in [0.1, 0.15) is 13.8 Å². The smallest absolute Gasteiger partial charge is 0.278 e. The lowest BCUT2D eigenvalue weighted by atomic mass is 10.6. The third kappa shape index (κ3) is 7.89. The molecule has 3 nitrogen and oxygen atoms in total. The van der Waals surface area contributed by atoms with Crippen molar-refractivity contribution in [2.75, 3.05) is 39.5 Å². The van der Waals surface area contributed by atoms with Gasteiger partial charge in [0, 0.05) is 26.3 Å². The van der Waals surface area contributed by atoms with Crippen LogP contribution in [0.3, 0.4) is 0 Å². The zero-order valence-electron chi connectivity index (χ0n) is 9.05. The van der Waals surface area contributed by atoms with Crippen LogP contribution in [0.4, 0.5) is 11.7 Å². The maximum atomic E-state index is 12.5. The Labute approximate surface area is 90.9 Å². The minimum Gasteiger partial charge on any atom is -0.380 e. The molecule has 0 N–H and O–H groups in total. The van der Waals surface area contributed by atoms with E-state index in [2.05, 4.69) is 0 Å². The summed E-state index contributed by atoms with van der Waals surface area (Å²) in [5, 5.41) is 0. The van der Waals surface area contributed by atoms with Crippen molar-refractivity contribution in [1.29, 1.82) is 0 Å². The van der Waals surface area contributed by atoms with E-state index in [0.29, 0.717) is 17.5 Å². The number of hydrogen-bond acceptors (Lipinski definition) is 3. The molecular formula is C8H18F3NO2S. The number of nitrogens with zero attached hydrogens (tertiary/aromatic N) is 1. The highest BCUT2D eigenvalue weighted by molar-refractivity contribution is 8.18. The Morgan fingerprint density at radius 1 is 0.933 bits per heavy atom. The van der Waals surface area contributed by atoms with Gasteiger partial charge in [0.15, 0.2) is 0 Å². The molecule has 0 rings (SSSR count). The van der Waals surface area contributed by atoms with Gasteiger partial charge in [-0.15, -0.1) is 11.7 Å². The van der Waals surface area contributed by atoms with Crippen molar-refractivity contribution < 1.29 is 21.1 Å². The largest absolute Gasteiger partial charge is 0.380 e. The van der Waals surface area contributed by atoms with Gasteiger partial charge in [0.25, 0.3) is 11.4 Å². The average molecular weight is 249 g/mol. The van der Waals surface area contributed by atoms with Crippen LogP contribution in [0.5, 0.6) is 0 Å². The molecule has 0 unspecified atom stereocenters. The SMILES string of the molecule is CCOCCN(CCOCC)S(F)(F)F. The minimum absolute atomic E-state index is 0.106. The second-order valence-electron chi connectivity index (χ2n) is 2.70. The first kappa shape index (κ1) is 15.0. The van der Waals surface area contributed by atoms with Crippen molar-refractivity contribution in [1.82, 2.24) is 4.31 Å². The highest BCUT2D eigenvalue weighted by atomic mass is 32.3. The van der Waals surface area contributed by atoms with Gasteiger partial charge < -0.3 is 9.47 Å². The summed E-state index contributed by atoms with van der Waals surface area (Å²) < 4.78 is 47.7. The van der Waals surface area contributed by atoms with Crippen molar-refractivity contribution in [2.24, 2.45) is 0 Å². The zero-order valence-corrected chi connectivity index (χ0v) is 9.86. The second-order valence-corrected chi connectivity index (χ2v) is 3.99. The molecule has 0 aromatic heterocycles. The Hall–Kier alpha value is 0.0200. The molecule has 0 saturated heterocycles. The van der Waals surface area contributed by atoms with Crippen molar-refractivity contribution in [2.45, 2.75) is 13.8 Å². The fourth-order valence-electron chi connectivity index (χ4n) is 0.940. The summed E-state index contributed by atoms with van der Waals surface area (Å²) >= 11 is -5.15. The number of hydrogen-bond donors (Lipinski definition) is 0. The summed E-state index contributed by atoms with van der Waals surface area (Å²) in [7, 11) is 0. The molecule has 94 valence electrons. The Morgan fingerprint density at radius 2 is 1.33 bits per heavy atom. The molecule has 0 aromatic carbocycles. The molecule has 7 heteroatoms. The predicted octanol–water partition coefficient (Wildman–Crippen LogP) is 2.73. The van der Waals surface area contributed by atoms with E-state index in [-0.39, 0.29) is 26.3 Å². The van der Waals surface area contributed by atoms with E-state index in [4.69, 9.17) is 9.47 Å². The summed E-state index contributed by atoms with van der Waals surface area (Å²) in [6, 6.07) is 0. The molecule has 0 heterocycles. The maximum absolute atomic E-state index is 12.5. The van der Waals surface area contributed by atoms with Crippen molar-refractivity contribution in [3.05, 3.63) is 0 Å². The average Bonchev–Trinajstić information content (AvgIpc) is 2.14. The zero-order chi connectivity index (χ0) is 11.7. The van der Waals surface area contributed by atoms with E-state index >= 15 is 0 Å². The summed E-state index contributed by atoms with van der Waals surface area (Å²) in [6.45, 7) is 4.37. The highest BCUT2D eigenvalue weighted by Crippen LogP contribution is 2.56. The van der Waals surface area contributed by atoms with E-state index in [1.54, 1.807) is 13.8 Å². The molecule has 0 aliphatic rings. The lowest BCUT2D eigenvalue weighted by molar-refractivity contribution is 0.108. The molecule has 0 radical (unpaired) electrons. The Bertz CT molecular complexity index is 147. The van der Waals surface area contributed by atoms with Crippen LogP contribution < -0.4 is 0 Å². The topological polar surface area (TPSA) is 21.7 Å². The van der Waals surface area contributed by atoms with E-state index in [0.717, 1.165) is 0 Å². The van der Waals surface area contributed by atoms with E-state index < -0.39 is 11.4 Å². The summed E-state index contributed by atoms with van der Waals surface area (Å²) in [6.07, 6.45) is 0. The Kier molecular flexibility index (Phi) is 8.22. The molecule has 0 amide bonds. The molecule has 0 atom stereocenters. The standard InChI is InChI=1S/C8H18F3NO2S/c1-3-13-7-5-12(15(9,10)11)6-8-14-4-2/h3-8H2,1-2H3.